The number of carbonyl (C=O) groups excluding carboxylic acids is 1. The fourth-order valence-electron chi connectivity index (χ4n) is 1.03. The molecule has 3 nitrogen and oxygen atoms in total. The summed E-state index contributed by atoms with van der Waals surface area (Å²) in [5, 5.41) is 0. The van der Waals surface area contributed by atoms with Crippen LogP contribution >= 0.6 is 39.7 Å². The monoisotopic (exact) mass is 313 g/mol. The summed E-state index contributed by atoms with van der Waals surface area (Å²) in [4.78, 5) is 12.1. The van der Waals surface area contributed by atoms with Crippen LogP contribution in [-0.4, -0.2) is 12.6 Å². The molecule has 0 bridgehead atoms. The minimum atomic E-state index is -0.259. The van der Waals surface area contributed by atoms with Gasteiger partial charge in [0.2, 0.25) is 0 Å². The molecule has 1 aromatic heterocycles. The summed E-state index contributed by atoms with van der Waals surface area (Å²) >= 11 is 4.88. The fourth-order valence-corrected chi connectivity index (χ4v) is 2.45. The Balaban J connectivity index is 0.00000196. The van der Waals surface area contributed by atoms with E-state index in [-0.39, 0.29) is 30.8 Å². The summed E-state index contributed by atoms with van der Waals surface area (Å²) in [7, 11) is 0. The van der Waals surface area contributed by atoms with E-state index in [0.717, 1.165) is 8.66 Å². The van der Waals surface area contributed by atoms with Gasteiger partial charge in [-0.25, -0.2) is 0 Å². The van der Waals surface area contributed by atoms with E-state index in [9.17, 15) is 4.79 Å². The molecule has 0 amide bonds. The lowest BCUT2D eigenvalue weighted by atomic mass is 10.2. The first kappa shape index (κ1) is 14.9. The van der Waals surface area contributed by atoms with Gasteiger partial charge in [0, 0.05) is 10.9 Å². The van der Waals surface area contributed by atoms with Gasteiger partial charge in [0.15, 0.2) is 0 Å². The molecule has 6 heteroatoms. The van der Waals surface area contributed by atoms with Crippen molar-refractivity contribution in [3.63, 3.8) is 0 Å². The lowest BCUT2D eigenvalue weighted by Crippen LogP contribution is -2.16. The maximum absolute atomic E-state index is 11.1. The summed E-state index contributed by atoms with van der Waals surface area (Å²) in [6, 6.07) is 3.58. The molecule has 0 spiro atoms. The quantitative estimate of drug-likeness (QED) is 0.869. The number of esters is 1. The number of halogens is 2. The smallest absolute Gasteiger partial charge is 0.307 e. The third kappa shape index (κ3) is 4.97. The summed E-state index contributed by atoms with van der Waals surface area (Å²) < 4.78 is 5.83. The van der Waals surface area contributed by atoms with Crippen molar-refractivity contribution >= 4 is 45.6 Å². The Labute approximate surface area is 108 Å². The highest BCUT2D eigenvalue weighted by atomic mass is 79.9. The summed E-state index contributed by atoms with van der Waals surface area (Å²) in [5.74, 6) is -0.246. The minimum absolute atomic E-state index is 0. The lowest BCUT2D eigenvalue weighted by Gasteiger charge is -2.07. The molecule has 0 saturated heterocycles. The standard InChI is InChI=1S/C9H12BrNO2S.ClH/c1-2-13-9(12)5-6(11)7-3-4-8(10)14-7;/h3-4,6H,2,5,11H2,1H3;1H/t6-;/m0./s1. The van der Waals surface area contributed by atoms with Crippen LogP contribution in [0.15, 0.2) is 15.9 Å². The molecule has 1 rings (SSSR count). The molecule has 0 aliphatic heterocycles. The molecule has 1 aromatic rings. The van der Waals surface area contributed by atoms with Crippen molar-refractivity contribution in [3.05, 3.63) is 20.8 Å². The van der Waals surface area contributed by atoms with Crippen LogP contribution in [0, 0.1) is 0 Å². The van der Waals surface area contributed by atoms with Crippen LogP contribution in [0.25, 0.3) is 0 Å². The number of nitrogens with two attached hydrogens (primary N) is 1. The second kappa shape index (κ2) is 7.22. The normalized spacial score (nSPS) is 11.7. The van der Waals surface area contributed by atoms with Gasteiger partial charge in [0.1, 0.15) is 0 Å². The van der Waals surface area contributed by atoms with E-state index in [4.69, 9.17) is 10.5 Å². The molecule has 0 aliphatic carbocycles. The largest absolute Gasteiger partial charge is 0.466 e. The van der Waals surface area contributed by atoms with E-state index in [1.165, 1.54) is 11.3 Å². The Morgan fingerprint density at radius 2 is 2.33 bits per heavy atom. The second-order valence-corrected chi connectivity index (χ2v) is 5.25. The van der Waals surface area contributed by atoms with Gasteiger partial charge in [-0.05, 0) is 35.0 Å². The van der Waals surface area contributed by atoms with Gasteiger partial charge >= 0.3 is 5.97 Å². The Morgan fingerprint density at radius 3 is 2.80 bits per heavy atom. The van der Waals surface area contributed by atoms with Gasteiger partial charge in [-0.1, -0.05) is 0 Å². The van der Waals surface area contributed by atoms with Crippen LogP contribution in [0.5, 0.6) is 0 Å². The van der Waals surface area contributed by atoms with Crippen molar-refractivity contribution < 1.29 is 9.53 Å². The molecule has 0 aromatic carbocycles. The van der Waals surface area contributed by atoms with E-state index in [0.29, 0.717) is 6.61 Å². The SMILES string of the molecule is CCOC(=O)C[C@H](N)c1ccc(Br)s1.Cl. The lowest BCUT2D eigenvalue weighted by molar-refractivity contribution is -0.143. The molecule has 0 radical (unpaired) electrons. The number of hydrogen-bond acceptors (Lipinski definition) is 4. The second-order valence-electron chi connectivity index (χ2n) is 2.76. The minimum Gasteiger partial charge on any atom is -0.466 e. The van der Waals surface area contributed by atoms with E-state index >= 15 is 0 Å². The first-order valence-electron chi connectivity index (χ1n) is 4.30. The molecule has 1 heterocycles. The zero-order chi connectivity index (χ0) is 10.6. The average molecular weight is 315 g/mol. The topological polar surface area (TPSA) is 52.3 Å². The van der Waals surface area contributed by atoms with Crippen LogP contribution < -0.4 is 5.73 Å². The molecule has 15 heavy (non-hydrogen) atoms. The molecule has 2 N–H and O–H groups in total. The van der Waals surface area contributed by atoms with Crippen molar-refractivity contribution in [2.45, 2.75) is 19.4 Å². The van der Waals surface area contributed by atoms with Crippen molar-refractivity contribution in [2.24, 2.45) is 5.73 Å². The molecule has 0 saturated carbocycles. The molecule has 0 unspecified atom stereocenters. The number of rotatable bonds is 4. The highest BCUT2D eigenvalue weighted by Crippen LogP contribution is 2.27. The summed E-state index contributed by atoms with van der Waals surface area (Å²) in [6.45, 7) is 2.19. The highest BCUT2D eigenvalue weighted by Gasteiger charge is 2.13. The number of carbonyl (C=O) groups is 1. The molecule has 86 valence electrons. The maximum atomic E-state index is 11.1. The van der Waals surface area contributed by atoms with Crippen LogP contribution in [0.1, 0.15) is 24.3 Å². The van der Waals surface area contributed by atoms with Crippen LogP contribution in [0.2, 0.25) is 0 Å². The van der Waals surface area contributed by atoms with Gasteiger partial charge in [0.25, 0.3) is 0 Å². The van der Waals surface area contributed by atoms with E-state index < -0.39 is 0 Å². The van der Waals surface area contributed by atoms with Gasteiger partial charge in [-0.15, -0.1) is 23.7 Å². The Kier molecular flexibility index (Phi) is 7.17. The van der Waals surface area contributed by atoms with Gasteiger partial charge < -0.3 is 10.5 Å². The van der Waals surface area contributed by atoms with E-state index in [1.54, 1.807) is 6.92 Å². The Hall–Kier alpha value is -0.100. The van der Waals surface area contributed by atoms with Crippen LogP contribution in [0.4, 0.5) is 0 Å². The molecule has 0 aliphatic rings. The number of ether oxygens (including phenoxy) is 1. The average Bonchev–Trinajstić information content (AvgIpc) is 2.52. The highest BCUT2D eigenvalue weighted by molar-refractivity contribution is 9.11. The van der Waals surface area contributed by atoms with Crippen molar-refractivity contribution in [1.82, 2.24) is 0 Å². The number of thiophene rings is 1. The zero-order valence-electron chi connectivity index (χ0n) is 8.23. The van der Waals surface area contributed by atoms with Gasteiger partial charge in [0.05, 0.1) is 16.8 Å². The zero-order valence-corrected chi connectivity index (χ0v) is 11.5. The van der Waals surface area contributed by atoms with Crippen molar-refractivity contribution in [3.8, 4) is 0 Å². The Bertz CT molecular complexity index is 319. The third-order valence-electron chi connectivity index (χ3n) is 1.65. The third-order valence-corrected chi connectivity index (χ3v) is 3.41. The number of hydrogen-bond donors (Lipinski definition) is 1. The Morgan fingerprint density at radius 1 is 1.67 bits per heavy atom. The van der Waals surface area contributed by atoms with E-state index in [1.807, 2.05) is 12.1 Å². The van der Waals surface area contributed by atoms with Crippen LogP contribution in [-0.2, 0) is 9.53 Å². The maximum Gasteiger partial charge on any atom is 0.307 e. The van der Waals surface area contributed by atoms with Crippen molar-refractivity contribution in [2.75, 3.05) is 6.61 Å². The molecular weight excluding hydrogens is 302 g/mol. The predicted octanol–water partition coefficient (Wildman–Crippen LogP) is 2.89. The first-order valence-corrected chi connectivity index (χ1v) is 5.91. The fraction of sp³-hybridized carbons (Fsp3) is 0.444. The first-order chi connectivity index (χ1) is 6.63. The van der Waals surface area contributed by atoms with Gasteiger partial charge in [-0.2, -0.15) is 0 Å². The predicted molar refractivity (Wildman–Crippen MR) is 67.4 cm³/mol. The van der Waals surface area contributed by atoms with Crippen LogP contribution in [0.3, 0.4) is 0 Å². The molecule has 1 atom stereocenters. The molecule has 0 fully saturated rings. The van der Waals surface area contributed by atoms with E-state index in [2.05, 4.69) is 15.9 Å². The summed E-state index contributed by atoms with van der Waals surface area (Å²) in [5.41, 5.74) is 5.83. The summed E-state index contributed by atoms with van der Waals surface area (Å²) in [6.07, 6.45) is 0.237. The molecular formula is C9H13BrClNO2S. The van der Waals surface area contributed by atoms with Gasteiger partial charge in [-0.3, -0.25) is 4.79 Å². The van der Waals surface area contributed by atoms with Crippen molar-refractivity contribution in [1.29, 1.82) is 0 Å².